The second kappa shape index (κ2) is 11.3. The summed E-state index contributed by atoms with van der Waals surface area (Å²) >= 11 is 6.25. The van der Waals surface area contributed by atoms with Crippen LogP contribution in [-0.4, -0.2) is 36.1 Å². The van der Waals surface area contributed by atoms with Crippen molar-refractivity contribution in [2.45, 2.75) is 24.0 Å². The molecule has 1 heterocycles. The molecular formula is C21H24Cl2N6O3S. The van der Waals surface area contributed by atoms with Gasteiger partial charge in [0.1, 0.15) is 5.02 Å². The number of nitrogens with one attached hydrogen (secondary N) is 3. The highest BCUT2D eigenvalue weighted by atomic mass is 35.5. The fraction of sp³-hybridized carbons (Fsp3) is 0.190. The van der Waals surface area contributed by atoms with Crippen LogP contribution in [0.15, 0.2) is 59.6 Å². The van der Waals surface area contributed by atoms with Crippen LogP contribution in [0, 0.1) is 0 Å². The summed E-state index contributed by atoms with van der Waals surface area (Å²) in [4.78, 5) is 20.2. The van der Waals surface area contributed by atoms with Gasteiger partial charge in [0.15, 0.2) is 15.7 Å². The van der Waals surface area contributed by atoms with E-state index in [1.807, 2.05) is 0 Å². The standard InChI is InChI=1S/C21H23ClN6O3S.ClH/c1-13(2)32(30,31)18-9-4-3-8-17(18)27-20-16(22)12-24-21(28-20)26-15-7-5-6-14(10-15)25-19(29)11-23;/h3-10,12-13H,11,23H2,1-2H3,(H,25,29)(H2,24,26,27,28);1H. The van der Waals surface area contributed by atoms with Crippen molar-refractivity contribution in [2.75, 3.05) is 22.5 Å². The highest BCUT2D eigenvalue weighted by molar-refractivity contribution is 7.92. The number of para-hydroxylation sites is 1. The van der Waals surface area contributed by atoms with Gasteiger partial charge in [0.25, 0.3) is 0 Å². The van der Waals surface area contributed by atoms with Crippen LogP contribution < -0.4 is 21.7 Å². The van der Waals surface area contributed by atoms with Crippen molar-refractivity contribution in [3.8, 4) is 0 Å². The molecule has 0 aliphatic rings. The molecule has 1 amide bonds. The van der Waals surface area contributed by atoms with Crippen molar-refractivity contribution in [1.29, 1.82) is 0 Å². The van der Waals surface area contributed by atoms with Crippen LogP contribution in [-0.2, 0) is 14.6 Å². The number of carbonyl (C=O) groups is 1. The Morgan fingerprint density at radius 3 is 2.48 bits per heavy atom. The fourth-order valence-electron chi connectivity index (χ4n) is 2.73. The van der Waals surface area contributed by atoms with Gasteiger partial charge in [-0.25, -0.2) is 13.4 Å². The number of aromatic nitrogens is 2. The number of nitrogens with zero attached hydrogens (tertiary/aromatic N) is 2. The molecule has 2 aromatic carbocycles. The van der Waals surface area contributed by atoms with E-state index in [0.717, 1.165) is 0 Å². The molecule has 0 aliphatic carbocycles. The van der Waals surface area contributed by atoms with Gasteiger partial charge >= 0.3 is 0 Å². The molecule has 0 bridgehead atoms. The van der Waals surface area contributed by atoms with Gasteiger partial charge in [-0.05, 0) is 44.2 Å². The molecule has 0 saturated heterocycles. The van der Waals surface area contributed by atoms with E-state index in [-0.39, 0.29) is 46.5 Å². The largest absolute Gasteiger partial charge is 0.338 e. The summed E-state index contributed by atoms with van der Waals surface area (Å²) in [6.07, 6.45) is 1.40. The average Bonchev–Trinajstić information content (AvgIpc) is 2.76. The lowest BCUT2D eigenvalue weighted by Gasteiger charge is -2.15. The topological polar surface area (TPSA) is 139 Å². The van der Waals surface area contributed by atoms with Crippen LogP contribution in [0.1, 0.15) is 13.8 Å². The molecule has 0 aliphatic heterocycles. The second-order valence-corrected chi connectivity index (χ2v) is 9.94. The number of rotatable bonds is 8. The Morgan fingerprint density at radius 2 is 1.79 bits per heavy atom. The van der Waals surface area contributed by atoms with Crippen molar-refractivity contribution in [3.05, 3.63) is 59.8 Å². The van der Waals surface area contributed by atoms with Gasteiger partial charge in [-0.1, -0.05) is 29.8 Å². The van der Waals surface area contributed by atoms with E-state index in [0.29, 0.717) is 17.1 Å². The molecule has 0 atom stereocenters. The minimum Gasteiger partial charge on any atom is -0.338 e. The lowest BCUT2D eigenvalue weighted by Crippen LogP contribution is -2.21. The first-order valence-corrected chi connectivity index (χ1v) is 11.6. The number of halogens is 2. The molecule has 0 saturated carbocycles. The summed E-state index contributed by atoms with van der Waals surface area (Å²) < 4.78 is 25.4. The minimum atomic E-state index is -3.52. The van der Waals surface area contributed by atoms with E-state index in [1.54, 1.807) is 56.3 Å². The lowest BCUT2D eigenvalue weighted by molar-refractivity contribution is -0.114. The number of nitrogens with two attached hydrogens (primary N) is 1. The number of hydrogen-bond acceptors (Lipinski definition) is 8. The van der Waals surface area contributed by atoms with Gasteiger partial charge in [0.2, 0.25) is 11.9 Å². The second-order valence-electron chi connectivity index (χ2n) is 7.06. The summed E-state index contributed by atoms with van der Waals surface area (Å²) in [5.74, 6) is 0.151. The molecule has 0 spiro atoms. The number of amides is 1. The van der Waals surface area contributed by atoms with Crippen molar-refractivity contribution in [2.24, 2.45) is 5.73 Å². The van der Waals surface area contributed by atoms with E-state index in [1.165, 1.54) is 12.3 Å². The van der Waals surface area contributed by atoms with E-state index in [2.05, 4.69) is 25.9 Å². The van der Waals surface area contributed by atoms with Crippen LogP contribution in [0.5, 0.6) is 0 Å². The zero-order chi connectivity index (χ0) is 23.3. The van der Waals surface area contributed by atoms with Crippen LogP contribution in [0.25, 0.3) is 0 Å². The van der Waals surface area contributed by atoms with E-state index < -0.39 is 15.1 Å². The van der Waals surface area contributed by atoms with Crippen molar-refractivity contribution >= 4 is 68.6 Å². The third kappa shape index (κ3) is 6.55. The smallest absolute Gasteiger partial charge is 0.238 e. The molecule has 176 valence electrons. The van der Waals surface area contributed by atoms with Gasteiger partial charge in [-0.2, -0.15) is 4.98 Å². The Balaban J connectivity index is 0.00000385. The quantitative estimate of drug-likeness (QED) is 0.354. The summed E-state index contributed by atoms with van der Waals surface area (Å²) in [5, 5.41) is 8.33. The van der Waals surface area contributed by atoms with Crippen LogP contribution in [0.4, 0.5) is 28.8 Å². The average molecular weight is 511 g/mol. The molecule has 3 rings (SSSR count). The Kier molecular flexibility index (Phi) is 9.00. The highest BCUT2D eigenvalue weighted by Crippen LogP contribution is 2.30. The molecule has 12 heteroatoms. The molecule has 33 heavy (non-hydrogen) atoms. The van der Waals surface area contributed by atoms with Crippen LogP contribution in [0.3, 0.4) is 0 Å². The maximum atomic E-state index is 12.7. The zero-order valence-corrected chi connectivity index (χ0v) is 20.3. The Bertz CT molecular complexity index is 1240. The third-order valence-corrected chi connectivity index (χ3v) is 6.89. The van der Waals surface area contributed by atoms with Crippen molar-refractivity contribution < 1.29 is 13.2 Å². The summed E-state index contributed by atoms with van der Waals surface area (Å²) in [5.41, 5.74) is 6.87. The van der Waals surface area contributed by atoms with Crippen LogP contribution in [0.2, 0.25) is 5.02 Å². The molecule has 0 fully saturated rings. The first kappa shape index (κ1) is 26.3. The van der Waals surface area contributed by atoms with Crippen molar-refractivity contribution in [1.82, 2.24) is 9.97 Å². The maximum Gasteiger partial charge on any atom is 0.238 e. The van der Waals surface area contributed by atoms with Crippen LogP contribution >= 0.6 is 24.0 Å². The fourth-order valence-corrected chi connectivity index (χ4v) is 4.07. The van der Waals surface area contributed by atoms with E-state index in [4.69, 9.17) is 17.3 Å². The first-order chi connectivity index (χ1) is 15.2. The number of anilines is 5. The molecule has 9 nitrogen and oxygen atoms in total. The van der Waals surface area contributed by atoms with Gasteiger partial charge in [0, 0.05) is 11.4 Å². The van der Waals surface area contributed by atoms with Gasteiger partial charge in [-0.3, -0.25) is 4.79 Å². The first-order valence-electron chi connectivity index (χ1n) is 9.70. The van der Waals surface area contributed by atoms with Gasteiger partial charge in [0.05, 0.1) is 28.6 Å². The van der Waals surface area contributed by atoms with Gasteiger partial charge < -0.3 is 21.7 Å². The number of hydrogen-bond donors (Lipinski definition) is 4. The Labute approximate surface area is 203 Å². The normalized spacial score (nSPS) is 10.9. The minimum absolute atomic E-state index is 0. The SMILES string of the molecule is CC(C)S(=O)(=O)c1ccccc1Nc1nc(Nc2cccc(NC(=O)CN)c2)ncc1Cl.Cl. The Hall–Kier alpha value is -2.92. The monoisotopic (exact) mass is 510 g/mol. The predicted octanol–water partition coefficient (Wildman–Crippen LogP) is 4.12. The maximum absolute atomic E-state index is 12.7. The number of sulfone groups is 1. The summed E-state index contributed by atoms with van der Waals surface area (Å²) in [6.45, 7) is 3.12. The number of benzene rings is 2. The predicted molar refractivity (Wildman–Crippen MR) is 134 cm³/mol. The molecule has 0 radical (unpaired) electrons. The van der Waals surface area contributed by atoms with E-state index >= 15 is 0 Å². The van der Waals surface area contributed by atoms with Crippen molar-refractivity contribution in [3.63, 3.8) is 0 Å². The van der Waals surface area contributed by atoms with Gasteiger partial charge in [-0.15, -0.1) is 12.4 Å². The third-order valence-electron chi connectivity index (χ3n) is 4.40. The Morgan fingerprint density at radius 1 is 1.09 bits per heavy atom. The van der Waals surface area contributed by atoms with E-state index in [9.17, 15) is 13.2 Å². The summed E-state index contributed by atoms with van der Waals surface area (Å²) in [7, 11) is -3.52. The highest BCUT2D eigenvalue weighted by Gasteiger charge is 2.23. The molecule has 0 unspecified atom stereocenters. The number of carbonyl (C=O) groups excluding carboxylic acids is 1. The lowest BCUT2D eigenvalue weighted by atomic mass is 10.2. The zero-order valence-electron chi connectivity index (χ0n) is 17.9. The molecule has 3 aromatic rings. The molecule has 5 N–H and O–H groups in total. The summed E-state index contributed by atoms with van der Waals surface area (Å²) in [6, 6.07) is 13.5. The molecular weight excluding hydrogens is 487 g/mol. The molecule has 1 aromatic heterocycles.